The second-order valence-electron chi connectivity index (χ2n) is 5.00. The van der Waals surface area contributed by atoms with Crippen LogP contribution in [0.2, 0.25) is 0 Å². The quantitative estimate of drug-likeness (QED) is 0.468. The second kappa shape index (κ2) is 6.86. The van der Waals surface area contributed by atoms with Gasteiger partial charge >= 0.3 is 0 Å². The van der Waals surface area contributed by atoms with Gasteiger partial charge in [0.2, 0.25) is 0 Å². The normalized spacial score (nSPS) is 10.7. The highest BCUT2D eigenvalue weighted by Crippen LogP contribution is 2.32. The molecule has 0 unspecified atom stereocenters. The molecule has 4 nitrogen and oxygen atoms in total. The SMILES string of the molecule is [C-]#[N+]c1ccc2c(c1)c(Br)cn2-c1ccc(OCCOC)cc1. The molecule has 1 heterocycles. The Morgan fingerprint density at radius 1 is 1.13 bits per heavy atom. The third-order valence-corrected chi connectivity index (χ3v) is 4.17. The zero-order valence-corrected chi connectivity index (χ0v) is 14.2. The van der Waals surface area contributed by atoms with Crippen LogP contribution in [0.1, 0.15) is 0 Å². The van der Waals surface area contributed by atoms with Gasteiger partial charge < -0.3 is 14.0 Å². The first-order chi connectivity index (χ1) is 11.2. The van der Waals surface area contributed by atoms with Gasteiger partial charge in [-0.05, 0) is 52.3 Å². The zero-order chi connectivity index (χ0) is 16.2. The number of hydrogen-bond acceptors (Lipinski definition) is 2. The van der Waals surface area contributed by atoms with E-state index in [-0.39, 0.29) is 0 Å². The van der Waals surface area contributed by atoms with E-state index in [1.54, 1.807) is 7.11 Å². The van der Waals surface area contributed by atoms with Crippen molar-refractivity contribution in [1.82, 2.24) is 4.57 Å². The summed E-state index contributed by atoms with van der Waals surface area (Å²) in [7, 11) is 1.65. The van der Waals surface area contributed by atoms with Crippen LogP contribution in [0.25, 0.3) is 21.4 Å². The molecule has 0 spiro atoms. The monoisotopic (exact) mass is 370 g/mol. The Balaban J connectivity index is 1.93. The average Bonchev–Trinajstić information content (AvgIpc) is 2.92. The van der Waals surface area contributed by atoms with Crippen molar-refractivity contribution in [2.24, 2.45) is 0 Å². The number of rotatable bonds is 5. The Labute approximate surface area is 143 Å². The maximum Gasteiger partial charge on any atom is 0.188 e. The highest BCUT2D eigenvalue weighted by Gasteiger charge is 2.09. The summed E-state index contributed by atoms with van der Waals surface area (Å²) < 4.78 is 13.6. The van der Waals surface area contributed by atoms with E-state index in [0.717, 1.165) is 26.8 Å². The number of halogens is 1. The lowest BCUT2D eigenvalue weighted by Crippen LogP contribution is -2.04. The molecule has 0 aliphatic heterocycles. The highest BCUT2D eigenvalue weighted by molar-refractivity contribution is 9.10. The molecule has 3 aromatic rings. The van der Waals surface area contributed by atoms with E-state index in [1.165, 1.54) is 0 Å². The number of ether oxygens (including phenoxy) is 2. The molecule has 0 saturated carbocycles. The van der Waals surface area contributed by atoms with Gasteiger partial charge in [-0.1, -0.05) is 6.07 Å². The molecule has 1 aromatic heterocycles. The second-order valence-corrected chi connectivity index (χ2v) is 5.85. The van der Waals surface area contributed by atoms with Gasteiger partial charge in [0.15, 0.2) is 5.69 Å². The van der Waals surface area contributed by atoms with Gasteiger partial charge in [0, 0.05) is 28.9 Å². The Bertz CT molecular complexity index is 863. The van der Waals surface area contributed by atoms with Crippen molar-refractivity contribution in [3.8, 4) is 11.4 Å². The van der Waals surface area contributed by atoms with Crippen molar-refractivity contribution in [3.05, 3.63) is 64.6 Å². The molecule has 0 aliphatic carbocycles. The number of fused-ring (bicyclic) bond motifs is 1. The van der Waals surface area contributed by atoms with Crippen LogP contribution >= 0.6 is 15.9 Å². The van der Waals surface area contributed by atoms with Crippen molar-refractivity contribution in [1.29, 1.82) is 0 Å². The van der Waals surface area contributed by atoms with Gasteiger partial charge in [0.05, 0.1) is 18.7 Å². The molecule has 0 fully saturated rings. The summed E-state index contributed by atoms with van der Waals surface area (Å²) in [6, 6.07) is 13.6. The van der Waals surface area contributed by atoms with Gasteiger partial charge in [-0.3, -0.25) is 0 Å². The lowest BCUT2D eigenvalue weighted by Gasteiger charge is -2.08. The first-order valence-corrected chi connectivity index (χ1v) is 7.92. The van der Waals surface area contributed by atoms with Crippen LogP contribution in [0.5, 0.6) is 5.75 Å². The number of hydrogen-bond donors (Lipinski definition) is 0. The zero-order valence-electron chi connectivity index (χ0n) is 12.6. The molecule has 116 valence electrons. The van der Waals surface area contributed by atoms with Crippen LogP contribution < -0.4 is 4.74 Å². The Morgan fingerprint density at radius 2 is 1.91 bits per heavy atom. The summed E-state index contributed by atoms with van der Waals surface area (Å²) >= 11 is 3.57. The summed E-state index contributed by atoms with van der Waals surface area (Å²) in [5.41, 5.74) is 2.73. The van der Waals surface area contributed by atoms with Crippen molar-refractivity contribution >= 4 is 32.5 Å². The summed E-state index contributed by atoms with van der Waals surface area (Å²) in [5.74, 6) is 0.816. The summed E-state index contributed by atoms with van der Waals surface area (Å²) in [4.78, 5) is 3.48. The van der Waals surface area contributed by atoms with E-state index in [0.29, 0.717) is 18.9 Å². The number of methoxy groups -OCH3 is 1. The molecule has 0 saturated heterocycles. The van der Waals surface area contributed by atoms with Gasteiger partial charge in [-0.25, -0.2) is 4.85 Å². The van der Waals surface area contributed by atoms with Crippen LogP contribution in [-0.2, 0) is 4.74 Å². The van der Waals surface area contributed by atoms with E-state index in [2.05, 4.69) is 25.3 Å². The average molecular weight is 371 g/mol. The Kier molecular flexibility index (Phi) is 4.65. The summed E-state index contributed by atoms with van der Waals surface area (Å²) in [6.45, 7) is 8.24. The largest absolute Gasteiger partial charge is 0.491 e. The smallest absolute Gasteiger partial charge is 0.188 e. The Hall–Kier alpha value is -2.29. The van der Waals surface area contributed by atoms with E-state index >= 15 is 0 Å². The van der Waals surface area contributed by atoms with Crippen LogP contribution in [-0.4, -0.2) is 24.9 Å². The van der Waals surface area contributed by atoms with E-state index in [9.17, 15) is 0 Å². The number of benzene rings is 2. The lowest BCUT2D eigenvalue weighted by molar-refractivity contribution is 0.146. The highest BCUT2D eigenvalue weighted by atomic mass is 79.9. The topological polar surface area (TPSA) is 27.8 Å². The number of aromatic nitrogens is 1. The van der Waals surface area contributed by atoms with Crippen LogP contribution in [0.3, 0.4) is 0 Å². The minimum atomic E-state index is 0.535. The van der Waals surface area contributed by atoms with E-state index in [1.807, 2.05) is 48.7 Å². The molecule has 0 atom stereocenters. The fraction of sp³-hybridized carbons (Fsp3) is 0.167. The Morgan fingerprint density at radius 3 is 2.61 bits per heavy atom. The standard InChI is InChI=1S/C18H15BrN2O2/c1-20-13-3-8-18-16(11-13)17(19)12-21(18)14-4-6-15(7-5-14)23-10-9-22-2/h3-8,11-12H,9-10H2,2H3. The van der Waals surface area contributed by atoms with E-state index < -0.39 is 0 Å². The first-order valence-electron chi connectivity index (χ1n) is 7.13. The van der Waals surface area contributed by atoms with E-state index in [4.69, 9.17) is 16.0 Å². The molecule has 0 radical (unpaired) electrons. The van der Waals surface area contributed by atoms with Crippen molar-refractivity contribution in [2.75, 3.05) is 20.3 Å². The molecular weight excluding hydrogens is 356 g/mol. The maximum absolute atomic E-state index is 7.13. The van der Waals surface area contributed by atoms with Crippen LogP contribution in [0.4, 0.5) is 5.69 Å². The summed E-state index contributed by atoms with van der Waals surface area (Å²) in [5, 5.41) is 1.03. The predicted octanol–water partition coefficient (Wildman–Crippen LogP) is 4.97. The molecule has 0 N–H and O–H groups in total. The predicted molar refractivity (Wildman–Crippen MR) is 94.6 cm³/mol. The molecule has 0 amide bonds. The maximum atomic E-state index is 7.13. The molecule has 2 aromatic carbocycles. The minimum absolute atomic E-state index is 0.535. The molecule has 3 rings (SSSR count). The minimum Gasteiger partial charge on any atom is -0.491 e. The third kappa shape index (κ3) is 3.24. The van der Waals surface area contributed by atoms with Gasteiger partial charge in [0.1, 0.15) is 12.4 Å². The van der Waals surface area contributed by atoms with Gasteiger partial charge in [-0.2, -0.15) is 0 Å². The fourth-order valence-corrected chi connectivity index (χ4v) is 2.93. The fourth-order valence-electron chi connectivity index (χ4n) is 2.41. The third-order valence-electron chi connectivity index (χ3n) is 3.54. The van der Waals surface area contributed by atoms with Crippen molar-refractivity contribution in [2.45, 2.75) is 0 Å². The van der Waals surface area contributed by atoms with Crippen LogP contribution in [0, 0.1) is 6.57 Å². The molecule has 0 aliphatic rings. The van der Waals surface area contributed by atoms with Gasteiger partial charge in [0.25, 0.3) is 0 Å². The number of nitrogens with zero attached hydrogens (tertiary/aromatic N) is 2. The molecule has 23 heavy (non-hydrogen) atoms. The molecule has 0 bridgehead atoms. The van der Waals surface area contributed by atoms with Crippen molar-refractivity contribution < 1.29 is 9.47 Å². The molecule has 5 heteroatoms. The summed E-state index contributed by atoms with van der Waals surface area (Å²) in [6.07, 6.45) is 2.01. The molecular formula is C18H15BrN2O2. The van der Waals surface area contributed by atoms with Crippen molar-refractivity contribution in [3.63, 3.8) is 0 Å². The van der Waals surface area contributed by atoms with Crippen LogP contribution in [0.15, 0.2) is 53.1 Å². The van der Waals surface area contributed by atoms with Gasteiger partial charge in [-0.15, -0.1) is 0 Å². The lowest BCUT2D eigenvalue weighted by atomic mass is 10.2. The first kappa shape index (κ1) is 15.6.